The molecule has 0 saturated carbocycles. The third-order valence-electron chi connectivity index (χ3n) is 7.20. The number of piperazine rings is 1. The van der Waals surface area contributed by atoms with Crippen molar-refractivity contribution in [2.24, 2.45) is 0 Å². The van der Waals surface area contributed by atoms with Crippen molar-refractivity contribution < 1.29 is 5.11 Å². The van der Waals surface area contributed by atoms with Crippen molar-refractivity contribution in [2.45, 2.75) is 31.7 Å². The van der Waals surface area contributed by atoms with Crippen LogP contribution in [0.4, 0.5) is 5.82 Å². The van der Waals surface area contributed by atoms with Gasteiger partial charge < -0.3 is 10.0 Å². The van der Waals surface area contributed by atoms with Gasteiger partial charge in [0, 0.05) is 36.6 Å². The SMILES string of the molecule is Oc1ccccc1C(c1ccc(Cl)c(Cl)c1)N1CCN(c2ncnc3sc4c(c23)CCCC4)CC1. The fourth-order valence-electron chi connectivity index (χ4n) is 5.49. The maximum Gasteiger partial charge on any atom is 0.141 e. The second-order valence-electron chi connectivity index (χ2n) is 9.25. The predicted molar refractivity (Wildman–Crippen MR) is 144 cm³/mol. The van der Waals surface area contributed by atoms with Crippen LogP contribution in [0.5, 0.6) is 5.75 Å². The summed E-state index contributed by atoms with van der Waals surface area (Å²) in [6, 6.07) is 13.2. The smallest absolute Gasteiger partial charge is 0.141 e. The lowest BCUT2D eigenvalue weighted by molar-refractivity contribution is 0.209. The number of nitrogens with zero attached hydrogens (tertiary/aromatic N) is 4. The summed E-state index contributed by atoms with van der Waals surface area (Å²) in [4.78, 5) is 16.8. The molecule has 180 valence electrons. The lowest BCUT2D eigenvalue weighted by Crippen LogP contribution is -2.48. The van der Waals surface area contributed by atoms with E-state index >= 15 is 0 Å². The number of aryl methyl sites for hydroxylation is 2. The molecule has 0 bridgehead atoms. The second-order valence-corrected chi connectivity index (χ2v) is 11.1. The number of thiophene rings is 1. The molecule has 2 aromatic heterocycles. The summed E-state index contributed by atoms with van der Waals surface area (Å²) in [6.07, 6.45) is 6.51. The van der Waals surface area contributed by atoms with Crippen molar-refractivity contribution in [3.05, 3.63) is 80.4 Å². The van der Waals surface area contributed by atoms with Crippen LogP contribution in [0.25, 0.3) is 10.2 Å². The molecule has 0 spiro atoms. The summed E-state index contributed by atoms with van der Waals surface area (Å²) < 4.78 is 0. The topological polar surface area (TPSA) is 52.5 Å². The third-order valence-corrected chi connectivity index (χ3v) is 9.14. The van der Waals surface area contributed by atoms with Crippen molar-refractivity contribution in [3.8, 4) is 5.75 Å². The van der Waals surface area contributed by atoms with E-state index in [1.54, 1.807) is 12.4 Å². The standard InChI is InChI=1S/C27H26Cl2N4OS/c28-20-10-9-17(15-21(20)29)25(18-5-1-3-7-22(18)34)32-11-13-33(14-12-32)26-24-19-6-2-4-8-23(19)35-27(24)31-16-30-26/h1,3,5,7,9-10,15-16,25,34H,2,4,6,8,11-14H2. The number of para-hydroxylation sites is 1. The number of phenols is 1. The van der Waals surface area contributed by atoms with Crippen LogP contribution >= 0.6 is 34.5 Å². The molecule has 5 nitrogen and oxygen atoms in total. The Morgan fingerprint density at radius 1 is 0.914 bits per heavy atom. The van der Waals surface area contributed by atoms with E-state index < -0.39 is 0 Å². The first-order valence-electron chi connectivity index (χ1n) is 12.1. The zero-order chi connectivity index (χ0) is 23.9. The van der Waals surface area contributed by atoms with Crippen LogP contribution < -0.4 is 4.90 Å². The summed E-state index contributed by atoms with van der Waals surface area (Å²) in [7, 11) is 0. The van der Waals surface area contributed by atoms with Crippen molar-refractivity contribution in [1.29, 1.82) is 0 Å². The molecule has 0 amide bonds. The van der Waals surface area contributed by atoms with Crippen molar-refractivity contribution in [3.63, 3.8) is 0 Å². The van der Waals surface area contributed by atoms with Gasteiger partial charge in [0.1, 0.15) is 22.7 Å². The van der Waals surface area contributed by atoms with Gasteiger partial charge in [0.15, 0.2) is 0 Å². The summed E-state index contributed by atoms with van der Waals surface area (Å²) in [5, 5.41) is 13.0. The Labute approximate surface area is 219 Å². The van der Waals surface area contributed by atoms with E-state index in [-0.39, 0.29) is 11.8 Å². The molecule has 1 aliphatic carbocycles. The summed E-state index contributed by atoms with van der Waals surface area (Å²) in [5.74, 6) is 1.36. The number of rotatable bonds is 4. The van der Waals surface area contributed by atoms with E-state index in [1.165, 1.54) is 28.7 Å². The maximum absolute atomic E-state index is 10.7. The number of phenolic OH excluding ortho intramolecular Hbond substituents is 1. The highest BCUT2D eigenvalue weighted by molar-refractivity contribution is 7.19. The Balaban J connectivity index is 1.31. The van der Waals surface area contributed by atoms with Crippen LogP contribution in [0, 0.1) is 0 Å². The number of hydrogen-bond donors (Lipinski definition) is 1. The fourth-order valence-corrected chi connectivity index (χ4v) is 7.02. The van der Waals surface area contributed by atoms with Gasteiger partial charge in [-0.2, -0.15) is 0 Å². The number of fused-ring (bicyclic) bond motifs is 3. The maximum atomic E-state index is 10.7. The minimum atomic E-state index is -0.118. The fraction of sp³-hybridized carbons (Fsp3) is 0.333. The van der Waals surface area contributed by atoms with Crippen LogP contribution in [0.2, 0.25) is 10.0 Å². The number of benzene rings is 2. The molecule has 1 N–H and O–H groups in total. The molecule has 35 heavy (non-hydrogen) atoms. The lowest BCUT2D eigenvalue weighted by Gasteiger charge is -2.40. The van der Waals surface area contributed by atoms with Gasteiger partial charge in [-0.15, -0.1) is 11.3 Å². The lowest BCUT2D eigenvalue weighted by atomic mass is 9.95. The monoisotopic (exact) mass is 524 g/mol. The third kappa shape index (κ3) is 4.27. The van der Waals surface area contributed by atoms with Crippen LogP contribution in [-0.2, 0) is 12.8 Å². The van der Waals surface area contributed by atoms with Crippen LogP contribution in [-0.4, -0.2) is 46.2 Å². The number of aromatic hydroxyl groups is 1. The Hall–Kier alpha value is -2.38. The molecular formula is C27H26Cl2N4OS. The summed E-state index contributed by atoms with van der Waals surface area (Å²) in [5.41, 5.74) is 3.36. The molecule has 3 heterocycles. The van der Waals surface area contributed by atoms with E-state index in [4.69, 9.17) is 28.2 Å². The molecule has 1 atom stereocenters. The van der Waals surface area contributed by atoms with Gasteiger partial charge in [0.25, 0.3) is 0 Å². The number of anilines is 1. The first kappa shape index (κ1) is 23.0. The normalized spacial score (nSPS) is 17.5. The van der Waals surface area contributed by atoms with Crippen LogP contribution in [0.1, 0.15) is 40.5 Å². The minimum absolute atomic E-state index is 0.118. The molecule has 2 aliphatic rings. The Morgan fingerprint density at radius 3 is 2.51 bits per heavy atom. The van der Waals surface area contributed by atoms with Gasteiger partial charge >= 0.3 is 0 Å². The summed E-state index contributed by atoms with van der Waals surface area (Å²) >= 11 is 14.4. The molecule has 1 fully saturated rings. The number of aromatic nitrogens is 2. The van der Waals surface area contributed by atoms with Gasteiger partial charge in [-0.05, 0) is 55.0 Å². The van der Waals surface area contributed by atoms with Gasteiger partial charge in [0.2, 0.25) is 0 Å². The van der Waals surface area contributed by atoms with Crippen molar-refractivity contribution in [2.75, 3.05) is 31.1 Å². The van der Waals surface area contributed by atoms with E-state index in [0.717, 1.165) is 60.8 Å². The Morgan fingerprint density at radius 2 is 1.71 bits per heavy atom. The zero-order valence-corrected chi connectivity index (χ0v) is 21.6. The van der Waals surface area contributed by atoms with Crippen LogP contribution in [0.15, 0.2) is 48.8 Å². The highest BCUT2D eigenvalue weighted by Gasteiger charge is 2.30. The molecule has 4 aromatic rings. The van der Waals surface area contributed by atoms with E-state index in [1.807, 2.05) is 47.7 Å². The molecule has 2 aromatic carbocycles. The van der Waals surface area contributed by atoms with Gasteiger partial charge in [-0.25, -0.2) is 9.97 Å². The zero-order valence-electron chi connectivity index (χ0n) is 19.3. The molecule has 1 saturated heterocycles. The predicted octanol–water partition coefficient (Wildman–Crippen LogP) is 6.49. The van der Waals surface area contributed by atoms with Crippen molar-refractivity contribution >= 4 is 50.6 Å². The number of halogens is 2. The second kappa shape index (κ2) is 9.58. The first-order chi connectivity index (χ1) is 17.1. The molecule has 1 unspecified atom stereocenters. The van der Waals surface area contributed by atoms with E-state index in [9.17, 15) is 5.11 Å². The highest BCUT2D eigenvalue weighted by atomic mass is 35.5. The summed E-state index contributed by atoms with van der Waals surface area (Å²) in [6.45, 7) is 3.36. The molecular weight excluding hydrogens is 499 g/mol. The molecule has 8 heteroatoms. The average molecular weight is 526 g/mol. The Kier molecular flexibility index (Phi) is 6.31. The average Bonchev–Trinajstić information content (AvgIpc) is 3.27. The van der Waals surface area contributed by atoms with Gasteiger partial charge in [-0.1, -0.05) is 47.5 Å². The van der Waals surface area contributed by atoms with E-state index in [2.05, 4.69) is 14.8 Å². The molecule has 6 rings (SSSR count). The van der Waals surface area contributed by atoms with Gasteiger partial charge in [-0.3, -0.25) is 4.90 Å². The van der Waals surface area contributed by atoms with Gasteiger partial charge in [0.05, 0.1) is 21.5 Å². The Bertz CT molecular complexity index is 1380. The molecule has 1 aliphatic heterocycles. The minimum Gasteiger partial charge on any atom is -0.508 e. The largest absolute Gasteiger partial charge is 0.508 e. The highest BCUT2D eigenvalue weighted by Crippen LogP contribution is 2.41. The van der Waals surface area contributed by atoms with Crippen molar-refractivity contribution in [1.82, 2.24) is 14.9 Å². The molecule has 0 radical (unpaired) electrons. The number of hydrogen-bond acceptors (Lipinski definition) is 6. The quantitative estimate of drug-likeness (QED) is 0.330. The van der Waals surface area contributed by atoms with Crippen LogP contribution in [0.3, 0.4) is 0 Å². The van der Waals surface area contributed by atoms with E-state index in [0.29, 0.717) is 10.0 Å². The first-order valence-corrected chi connectivity index (χ1v) is 13.6.